The van der Waals surface area contributed by atoms with Gasteiger partial charge in [-0.3, -0.25) is 9.59 Å². The first kappa shape index (κ1) is 17.9. The number of thioether (sulfide) groups is 1. The van der Waals surface area contributed by atoms with Gasteiger partial charge in [0.15, 0.2) is 17.1 Å². The summed E-state index contributed by atoms with van der Waals surface area (Å²) in [6.07, 6.45) is 2.74. The van der Waals surface area contributed by atoms with Gasteiger partial charge < -0.3 is 14.8 Å². The van der Waals surface area contributed by atoms with E-state index in [4.69, 9.17) is 9.52 Å². The number of carboxylic acids is 1. The Labute approximate surface area is 163 Å². The summed E-state index contributed by atoms with van der Waals surface area (Å²) in [6.45, 7) is 0. The maximum absolute atomic E-state index is 11.7. The van der Waals surface area contributed by atoms with Gasteiger partial charge in [-0.1, -0.05) is 42.1 Å². The van der Waals surface area contributed by atoms with Crippen LogP contribution in [-0.4, -0.2) is 38.6 Å². The van der Waals surface area contributed by atoms with Crippen LogP contribution in [0.1, 0.15) is 12.0 Å². The Morgan fingerprint density at radius 1 is 1.25 bits per heavy atom. The summed E-state index contributed by atoms with van der Waals surface area (Å²) in [5.74, 6) is -1.39. The lowest BCUT2D eigenvalue weighted by Gasteiger charge is -2.01. The van der Waals surface area contributed by atoms with Crippen LogP contribution >= 0.6 is 11.8 Å². The van der Waals surface area contributed by atoms with Gasteiger partial charge in [0, 0.05) is 0 Å². The number of fused-ring (bicyclic) bond motifs is 1. The van der Waals surface area contributed by atoms with Gasteiger partial charge >= 0.3 is 5.97 Å². The lowest BCUT2D eigenvalue weighted by Crippen LogP contribution is -2.26. The fourth-order valence-electron chi connectivity index (χ4n) is 2.69. The number of carboxylic acid groups (broad SMARTS) is 1. The van der Waals surface area contributed by atoms with Crippen molar-refractivity contribution in [2.75, 3.05) is 0 Å². The quantitative estimate of drug-likeness (QED) is 0.508. The molecule has 0 spiro atoms. The number of benzene rings is 2. The highest BCUT2D eigenvalue weighted by atomic mass is 32.2. The van der Waals surface area contributed by atoms with E-state index in [1.54, 1.807) is 6.21 Å². The molecule has 1 aliphatic heterocycles. The second-order valence-corrected chi connectivity index (χ2v) is 7.19. The van der Waals surface area contributed by atoms with Crippen molar-refractivity contribution in [1.29, 1.82) is 0 Å². The number of nitrogens with one attached hydrogen (secondary N) is 1. The SMILES string of the molecule is O=C(O)CC1SC(=NN=Cc2ccc(-c3ccc4ocnc4c3)cc2)NC1=O. The smallest absolute Gasteiger partial charge is 0.305 e. The summed E-state index contributed by atoms with van der Waals surface area (Å²) in [4.78, 5) is 26.5. The molecule has 1 unspecified atom stereocenters. The highest BCUT2D eigenvalue weighted by Gasteiger charge is 2.32. The van der Waals surface area contributed by atoms with Crippen LogP contribution in [0.3, 0.4) is 0 Å². The third-order valence-electron chi connectivity index (χ3n) is 4.07. The van der Waals surface area contributed by atoms with Crippen molar-refractivity contribution in [1.82, 2.24) is 10.3 Å². The first-order valence-electron chi connectivity index (χ1n) is 8.32. The van der Waals surface area contributed by atoms with Gasteiger partial charge in [-0.2, -0.15) is 5.10 Å². The van der Waals surface area contributed by atoms with Gasteiger partial charge in [0.2, 0.25) is 5.91 Å². The molecule has 0 bridgehead atoms. The molecule has 1 fully saturated rings. The predicted octanol–water partition coefficient (Wildman–Crippen LogP) is 2.89. The van der Waals surface area contributed by atoms with Gasteiger partial charge in [-0.05, 0) is 28.8 Å². The van der Waals surface area contributed by atoms with E-state index in [0.717, 1.165) is 39.6 Å². The Morgan fingerprint density at radius 2 is 2.04 bits per heavy atom. The van der Waals surface area contributed by atoms with Crippen LogP contribution in [0.25, 0.3) is 22.2 Å². The minimum absolute atomic E-state index is 0.249. The summed E-state index contributed by atoms with van der Waals surface area (Å²) in [6, 6.07) is 13.5. The van der Waals surface area contributed by atoms with E-state index in [2.05, 4.69) is 20.5 Å². The fraction of sp³-hybridized carbons (Fsp3) is 0.105. The maximum atomic E-state index is 11.7. The van der Waals surface area contributed by atoms with Crippen LogP contribution in [0.2, 0.25) is 0 Å². The van der Waals surface area contributed by atoms with E-state index in [1.807, 2.05) is 42.5 Å². The topological polar surface area (TPSA) is 117 Å². The Balaban J connectivity index is 1.43. The van der Waals surface area contributed by atoms with Gasteiger partial charge in [0.1, 0.15) is 10.8 Å². The first-order chi connectivity index (χ1) is 13.6. The molecule has 28 heavy (non-hydrogen) atoms. The predicted molar refractivity (Wildman–Crippen MR) is 106 cm³/mol. The molecule has 0 saturated carbocycles. The average Bonchev–Trinajstić information content (AvgIpc) is 3.28. The molecule has 2 heterocycles. The molecule has 3 aromatic rings. The molecular weight excluding hydrogens is 380 g/mol. The van der Waals surface area contributed by atoms with Crippen molar-refractivity contribution in [3.05, 3.63) is 54.4 Å². The number of amides is 1. The molecule has 1 atom stereocenters. The van der Waals surface area contributed by atoms with E-state index in [1.165, 1.54) is 6.39 Å². The van der Waals surface area contributed by atoms with Gasteiger partial charge in [0.25, 0.3) is 0 Å². The molecule has 1 saturated heterocycles. The van der Waals surface area contributed by atoms with Crippen LogP contribution in [0.5, 0.6) is 0 Å². The monoisotopic (exact) mass is 394 g/mol. The molecule has 4 rings (SSSR count). The van der Waals surface area contributed by atoms with Crippen molar-refractivity contribution in [3.63, 3.8) is 0 Å². The average molecular weight is 394 g/mol. The van der Waals surface area contributed by atoms with Crippen LogP contribution in [0.15, 0.2) is 63.5 Å². The van der Waals surface area contributed by atoms with Crippen LogP contribution in [0, 0.1) is 0 Å². The number of rotatable bonds is 5. The fourth-order valence-corrected chi connectivity index (χ4v) is 3.61. The third kappa shape index (κ3) is 3.94. The highest BCUT2D eigenvalue weighted by Crippen LogP contribution is 2.24. The van der Waals surface area contributed by atoms with E-state index >= 15 is 0 Å². The lowest BCUT2D eigenvalue weighted by atomic mass is 10.0. The molecular formula is C19H14N4O4S. The summed E-state index contributed by atoms with van der Waals surface area (Å²) in [7, 11) is 0. The minimum Gasteiger partial charge on any atom is -0.481 e. The number of carbonyl (C=O) groups excluding carboxylic acids is 1. The molecule has 8 nitrogen and oxygen atoms in total. The number of aliphatic carboxylic acids is 1. The molecule has 2 aromatic carbocycles. The van der Waals surface area contributed by atoms with Gasteiger partial charge in [-0.15, -0.1) is 5.10 Å². The summed E-state index contributed by atoms with van der Waals surface area (Å²) < 4.78 is 5.25. The molecule has 1 aliphatic rings. The number of aromatic nitrogens is 1. The molecule has 0 aliphatic carbocycles. The van der Waals surface area contributed by atoms with Crippen molar-refractivity contribution >= 4 is 46.1 Å². The van der Waals surface area contributed by atoms with E-state index < -0.39 is 11.2 Å². The molecule has 9 heteroatoms. The largest absolute Gasteiger partial charge is 0.481 e. The number of nitrogens with zero attached hydrogens (tertiary/aromatic N) is 3. The second-order valence-electron chi connectivity index (χ2n) is 6.00. The van der Waals surface area contributed by atoms with Gasteiger partial charge in [0.05, 0.1) is 12.6 Å². The van der Waals surface area contributed by atoms with Crippen LogP contribution in [-0.2, 0) is 9.59 Å². The molecule has 0 radical (unpaired) electrons. The van der Waals surface area contributed by atoms with E-state index in [9.17, 15) is 9.59 Å². The first-order valence-corrected chi connectivity index (χ1v) is 9.20. The van der Waals surface area contributed by atoms with Crippen molar-refractivity contribution in [2.45, 2.75) is 11.7 Å². The molecule has 2 N–H and O–H groups in total. The Kier molecular flexibility index (Phi) is 4.90. The third-order valence-corrected chi connectivity index (χ3v) is 5.14. The Morgan fingerprint density at radius 3 is 2.82 bits per heavy atom. The zero-order valence-electron chi connectivity index (χ0n) is 14.4. The lowest BCUT2D eigenvalue weighted by molar-refractivity contribution is -0.138. The van der Waals surface area contributed by atoms with Crippen molar-refractivity contribution < 1.29 is 19.1 Å². The zero-order valence-corrected chi connectivity index (χ0v) is 15.2. The molecule has 140 valence electrons. The number of carbonyl (C=O) groups is 2. The normalized spacial score (nSPS) is 18.2. The summed E-state index contributed by atoms with van der Waals surface area (Å²) >= 11 is 1.06. The number of amidine groups is 1. The molecule has 1 aromatic heterocycles. The standard InChI is InChI=1S/C19H14N4O4S/c24-17(25)8-16-18(26)22-19(28-16)23-21-9-11-1-3-12(4-2-11)13-5-6-15-14(7-13)20-10-27-15/h1-7,9-10,16H,8H2,(H,24,25)(H,22,23,26). The Hall–Kier alpha value is -3.46. The summed E-state index contributed by atoms with van der Waals surface area (Å²) in [5.41, 5.74) is 4.44. The number of hydrogen-bond donors (Lipinski definition) is 2. The maximum Gasteiger partial charge on any atom is 0.305 e. The molecule has 1 amide bonds. The van der Waals surface area contributed by atoms with E-state index in [-0.39, 0.29) is 12.3 Å². The zero-order chi connectivity index (χ0) is 19.5. The minimum atomic E-state index is -1.03. The van der Waals surface area contributed by atoms with Crippen LogP contribution < -0.4 is 5.32 Å². The number of hydrogen-bond acceptors (Lipinski definition) is 7. The highest BCUT2D eigenvalue weighted by molar-refractivity contribution is 8.15. The van der Waals surface area contributed by atoms with Gasteiger partial charge in [-0.25, -0.2) is 4.98 Å². The van der Waals surface area contributed by atoms with Crippen LogP contribution in [0.4, 0.5) is 0 Å². The Bertz CT molecular complexity index is 1100. The van der Waals surface area contributed by atoms with E-state index in [0.29, 0.717) is 5.17 Å². The summed E-state index contributed by atoms with van der Waals surface area (Å²) in [5, 5.41) is 18.8. The second kappa shape index (κ2) is 7.65. The van der Waals surface area contributed by atoms with Crippen molar-refractivity contribution in [2.24, 2.45) is 10.2 Å². The van der Waals surface area contributed by atoms with Crippen molar-refractivity contribution in [3.8, 4) is 11.1 Å². The number of oxazole rings is 1.